The van der Waals surface area contributed by atoms with Crippen LogP contribution in [-0.2, 0) is 14.3 Å². The summed E-state index contributed by atoms with van der Waals surface area (Å²) >= 11 is 1.24. The Morgan fingerprint density at radius 3 is 2.78 bits per heavy atom. The smallest absolute Gasteiger partial charge is 0.305 e. The fraction of sp³-hybridized carbons (Fsp3) is 0.474. The Hall–Kier alpha value is -2.35. The molecular weight excluding hydrogens is 366 g/mol. The van der Waals surface area contributed by atoms with Crippen LogP contribution < -0.4 is 10.9 Å². The second kappa shape index (κ2) is 10.1. The van der Waals surface area contributed by atoms with E-state index in [0.29, 0.717) is 29.0 Å². The predicted molar refractivity (Wildman–Crippen MR) is 106 cm³/mol. The van der Waals surface area contributed by atoms with E-state index in [1.165, 1.54) is 18.9 Å². The molecule has 0 fully saturated rings. The van der Waals surface area contributed by atoms with Gasteiger partial charge in [-0.1, -0.05) is 30.8 Å². The fourth-order valence-electron chi connectivity index (χ4n) is 2.54. The molecule has 8 heteroatoms. The number of esters is 1. The van der Waals surface area contributed by atoms with Crippen LogP contribution in [0.25, 0.3) is 10.9 Å². The molecule has 0 radical (unpaired) electrons. The molecule has 0 aliphatic carbocycles. The van der Waals surface area contributed by atoms with Crippen LogP contribution in [0.2, 0.25) is 0 Å². The monoisotopic (exact) mass is 391 g/mol. The maximum absolute atomic E-state index is 12.9. The van der Waals surface area contributed by atoms with Gasteiger partial charge in [-0.25, -0.2) is 4.98 Å². The fourth-order valence-corrected chi connectivity index (χ4v) is 3.47. The van der Waals surface area contributed by atoms with Gasteiger partial charge in [0.25, 0.3) is 5.56 Å². The quantitative estimate of drug-likeness (QED) is 0.306. The molecule has 7 nitrogen and oxygen atoms in total. The van der Waals surface area contributed by atoms with Gasteiger partial charge in [-0.15, -0.1) is 0 Å². The van der Waals surface area contributed by atoms with Crippen LogP contribution in [0.5, 0.6) is 0 Å². The first kappa shape index (κ1) is 21.0. The first-order valence-corrected chi connectivity index (χ1v) is 9.94. The second-order valence-corrected chi connectivity index (χ2v) is 7.10. The number of nitrogens with zero attached hydrogens (tertiary/aromatic N) is 2. The van der Waals surface area contributed by atoms with E-state index in [1.54, 1.807) is 16.7 Å². The highest BCUT2D eigenvalue weighted by Crippen LogP contribution is 2.22. The summed E-state index contributed by atoms with van der Waals surface area (Å²) in [6, 6.07) is 7.21. The molecule has 0 spiro atoms. The molecule has 0 aliphatic heterocycles. The maximum Gasteiger partial charge on any atom is 0.305 e. The molecule has 146 valence electrons. The zero-order chi connectivity index (χ0) is 19.8. The minimum absolute atomic E-state index is 0.0137. The summed E-state index contributed by atoms with van der Waals surface area (Å²) in [4.78, 5) is 40.6. The summed E-state index contributed by atoms with van der Waals surface area (Å²) in [5.74, 6) is -0.307. The Morgan fingerprint density at radius 2 is 2.07 bits per heavy atom. The van der Waals surface area contributed by atoms with Gasteiger partial charge in [0, 0.05) is 19.0 Å². The minimum Gasteiger partial charge on any atom is -0.469 e. The standard InChI is InChI=1S/C19H25N3O4S/c1-4-13(2)22-18(25)14-8-5-6-9-15(14)21-19(22)27-12-16(23)20-11-7-10-17(24)26-3/h5-6,8-9,13H,4,7,10-12H2,1-3H3,(H,20,23)/t13-/m1/s1. The number of rotatable bonds is 9. The number of thioether (sulfide) groups is 1. The zero-order valence-electron chi connectivity index (χ0n) is 15.9. The van der Waals surface area contributed by atoms with Crippen LogP contribution >= 0.6 is 11.8 Å². The van der Waals surface area contributed by atoms with Gasteiger partial charge in [0.15, 0.2) is 5.16 Å². The molecular formula is C19H25N3O4S. The molecule has 0 saturated carbocycles. The van der Waals surface area contributed by atoms with Gasteiger partial charge in [0.05, 0.1) is 23.8 Å². The predicted octanol–water partition coefficient (Wildman–Crippen LogP) is 2.53. The van der Waals surface area contributed by atoms with E-state index in [9.17, 15) is 14.4 Å². The summed E-state index contributed by atoms with van der Waals surface area (Å²) in [5.41, 5.74) is 0.541. The summed E-state index contributed by atoms with van der Waals surface area (Å²) in [6.07, 6.45) is 1.58. The molecule has 1 amide bonds. The van der Waals surface area contributed by atoms with Crippen LogP contribution in [0.3, 0.4) is 0 Å². The number of ether oxygens (including phenoxy) is 1. The zero-order valence-corrected chi connectivity index (χ0v) is 16.7. The summed E-state index contributed by atoms with van der Waals surface area (Å²) in [5, 5.41) is 3.88. The lowest BCUT2D eigenvalue weighted by atomic mass is 10.2. The largest absolute Gasteiger partial charge is 0.469 e. The number of hydrogen-bond donors (Lipinski definition) is 1. The van der Waals surface area contributed by atoms with Gasteiger partial charge >= 0.3 is 5.97 Å². The van der Waals surface area contributed by atoms with E-state index in [2.05, 4.69) is 15.0 Å². The van der Waals surface area contributed by atoms with Crippen LogP contribution in [0.4, 0.5) is 0 Å². The highest BCUT2D eigenvalue weighted by atomic mass is 32.2. The summed E-state index contributed by atoms with van der Waals surface area (Å²) in [6.45, 7) is 4.38. The van der Waals surface area contributed by atoms with Crippen molar-refractivity contribution in [2.45, 2.75) is 44.3 Å². The lowest BCUT2D eigenvalue weighted by Crippen LogP contribution is -2.29. The number of para-hydroxylation sites is 1. The molecule has 0 unspecified atom stereocenters. The summed E-state index contributed by atoms with van der Waals surface area (Å²) < 4.78 is 6.22. The average molecular weight is 391 g/mol. The SMILES string of the molecule is CC[C@@H](C)n1c(SCC(=O)NCCCC(=O)OC)nc2ccccc2c1=O. The van der Waals surface area contributed by atoms with Gasteiger partial charge in [-0.05, 0) is 31.9 Å². The number of hydrogen-bond acceptors (Lipinski definition) is 6. The molecule has 2 aromatic rings. The Kier molecular flexibility index (Phi) is 7.84. The molecule has 1 aromatic carbocycles. The number of fused-ring (bicyclic) bond motifs is 1. The van der Waals surface area contributed by atoms with Crippen molar-refractivity contribution >= 4 is 34.5 Å². The van der Waals surface area contributed by atoms with Crippen LogP contribution in [0.15, 0.2) is 34.2 Å². The van der Waals surface area contributed by atoms with Crippen LogP contribution in [0.1, 0.15) is 39.2 Å². The van der Waals surface area contributed by atoms with Crippen molar-refractivity contribution in [3.05, 3.63) is 34.6 Å². The number of nitrogens with one attached hydrogen (secondary N) is 1. The lowest BCUT2D eigenvalue weighted by Gasteiger charge is -2.18. The van der Waals surface area contributed by atoms with Crippen molar-refractivity contribution in [3.63, 3.8) is 0 Å². The van der Waals surface area contributed by atoms with Crippen LogP contribution in [0, 0.1) is 0 Å². The Labute approximate surface area is 162 Å². The topological polar surface area (TPSA) is 90.3 Å². The van der Waals surface area contributed by atoms with E-state index >= 15 is 0 Å². The van der Waals surface area contributed by atoms with Crippen molar-refractivity contribution in [3.8, 4) is 0 Å². The Balaban J connectivity index is 2.08. The van der Waals surface area contributed by atoms with Crippen molar-refractivity contribution in [1.82, 2.24) is 14.9 Å². The van der Waals surface area contributed by atoms with Crippen molar-refractivity contribution in [2.24, 2.45) is 0 Å². The summed E-state index contributed by atoms with van der Waals surface area (Å²) in [7, 11) is 1.34. The van der Waals surface area contributed by atoms with Gasteiger partial charge in [-0.2, -0.15) is 0 Å². The van der Waals surface area contributed by atoms with Crippen molar-refractivity contribution < 1.29 is 14.3 Å². The molecule has 1 heterocycles. The lowest BCUT2D eigenvalue weighted by molar-refractivity contribution is -0.140. The van der Waals surface area contributed by atoms with E-state index in [1.807, 2.05) is 26.0 Å². The highest BCUT2D eigenvalue weighted by Gasteiger charge is 2.16. The molecule has 0 saturated heterocycles. The van der Waals surface area contributed by atoms with Crippen molar-refractivity contribution in [1.29, 1.82) is 0 Å². The van der Waals surface area contributed by atoms with Gasteiger partial charge in [0.1, 0.15) is 0 Å². The molecule has 2 rings (SSSR count). The third kappa shape index (κ3) is 5.56. The number of amides is 1. The second-order valence-electron chi connectivity index (χ2n) is 6.16. The molecule has 1 atom stereocenters. The van der Waals surface area contributed by atoms with Crippen LogP contribution in [-0.4, -0.2) is 40.8 Å². The van der Waals surface area contributed by atoms with E-state index < -0.39 is 0 Å². The Bertz CT molecular complexity index is 866. The minimum atomic E-state index is -0.295. The van der Waals surface area contributed by atoms with Gasteiger partial charge in [0.2, 0.25) is 5.91 Å². The molecule has 0 aliphatic rings. The van der Waals surface area contributed by atoms with E-state index in [-0.39, 0.29) is 35.7 Å². The first-order chi connectivity index (χ1) is 13.0. The Morgan fingerprint density at radius 1 is 1.33 bits per heavy atom. The number of aromatic nitrogens is 2. The van der Waals surface area contributed by atoms with Gasteiger partial charge in [-0.3, -0.25) is 19.0 Å². The number of carbonyl (C=O) groups is 2. The number of carbonyl (C=O) groups excluding carboxylic acids is 2. The molecule has 27 heavy (non-hydrogen) atoms. The molecule has 1 aromatic heterocycles. The third-order valence-corrected chi connectivity index (χ3v) is 5.20. The molecule has 0 bridgehead atoms. The normalized spacial score (nSPS) is 12.0. The maximum atomic E-state index is 12.9. The van der Waals surface area contributed by atoms with E-state index in [4.69, 9.17) is 0 Å². The number of benzene rings is 1. The molecule has 1 N–H and O–H groups in total. The number of methoxy groups -OCH3 is 1. The third-order valence-electron chi connectivity index (χ3n) is 4.25. The van der Waals surface area contributed by atoms with E-state index in [0.717, 1.165) is 6.42 Å². The van der Waals surface area contributed by atoms with Crippen molar-refractivity contribution in [2.75, 3.05) is 19.4 Å². The average Bonchev–Trinajstić information content (AvgIpc) is 2.69. The van der Waals surface area contributed by atoms with Gasteiger partial charge < -0.3 is 10.1 Å². The first-order valence-electron chi connectivity index (χ1n) is 8.95. The highest BCUT2D eigenvalue weighted by molar-refractivity contribution is 7.99.